The monoisotopic (exact) mass is 185 g/mol. The van der Waals surface area contributed by atoms with Crippen molar-refractivity contribution in [2.45, 2.75) is 0 Å². The van der Waals surface area contributed by atoms with Crippen molar-refractivity contribution in [3.05, 3.63) is 24.0 Å². The average Bonchev–Trinajstić information content (AvgIpc) is 2.11. The first-order chi connectivity index (χ1) is 6.13. The number of hydrogen-bond acceptors (Lipinski definition) is 4. The molecule has 0 amide bonds. The van der Waals surface area contributed by atoms with Crippen LogP contribution in [-0.4, -0.2) is 17.7 Å². The zero-order valence-corrected chi connectivity index (χ0v) is 6.66. The van der Waals surface area contributed by atoms with Crippen LogP contribution in [0.5, 0.6) is 5.75 Å². The number of aliphatic hydroxyl groups excluding tert-OH is 1. The minimum Gasteiger partial charge on any atom is -0.423 e. The Bertz CT molecular complexity index is 327. The predicted molar refractivity (Wildman–Crippen MR) is 43.5 cm³/mol. The zero-order chi connectivity index (χ0) is 9.84. The molecule has 4 nitrogen and oxygen atoms in total. The van der Waals surface area contributed by atoms with E-state index in [1.54, 1.807) is 0 Å². The normalized spacial score (nSPS) is 9.69. The van der Waals surface area contributed by atoms with Crippen molar-refractivity contribution in [3.63, 3.8) is 0 Å². The van der Waals surface area contributed by atoms with Crippen molar-refractivity contribution in [2.75, 3.05) is 12.3 Å². The molecular formula is C8H8FNO3. The number of ether oxygens (including phenoxy) is 1. The first-order valence-corrected chi connectivity index (χ1v) is 3.50. The van der Waals surface area contributed by atoms with Gasteiger partial charge in [-0.3, -0.25) is 0 Å². The summed E-state index contributed by atoms with van der Waals surface area (Å²) in [5.74, 6) is -1.52. The highest BCUT2D eigenvalue weighted by Crippen LogP contribution is 2.21. The van der Waals surface area contributed by atoms with Crippen LogP contribution in [-0.2, 0) is 4.79 Å². The van der Waals surface area contributed by atoms with E-state index in [0.29, 0.717) is 0 Å². The Kier molecular flexibility index (Phi) is 2.81. The Morgan fingerprint density at radius 3 is 2.92 bits per heavy atom. The lowest BCUT2D eigenvalue weighted by molar-refractivity contribution is -0.137. The summed E-state index contributed by atoms with van der Waals surface area (Å²) in [4.78, 5) is 10.6. The molecule has 1 aromatic carbocycles. The van der Waals surface area contributed by atoms with Crippen LogP contribution in [0, 0.1) is 5.82 Å². The van der Waals surface area contributed by atoms with Gasteiger partial charge in [-0.1, -0.05) is 0 Å². The molecule has 0 aromatic heterocycles. The molecule has 0 aliphatic carbocycles. The minimum absolute atomic E-state index is 0.0842. The number of hydrogen-bond donors (Lipinski definition) is 2. The Hall–Kier alpha value is -1.62. The number of halogens is 1. The van der Waals surface area contributed by atoms with E-state index < -0.39 is 18.4 Å². The van der Waals surface area contributed by atoms with E-state index in [1.807, 2.05) is 0 Å². The van der Waals surface area contributed by atoms with Crippen LogP contribution in [0.1, 0.15) is 0 Å². The number of anilines is 1. The van der Waals surface area contributed by atoms with Gasteiger partial charge in [0.1, 0.15) is 12.4 Å². The summed E-state index contributed by atoms with van der Waals surface area (Å²) in [6.07, 6.45) is 0. The maximum atomic E-state index is 12.6. The molecule has 70 valence electrons. The Morgan fingerprint density at radius 2 is 2.31 bits per heavy atom. The second kappa shape index (κ2) is 3.86. The smallest absolute Gasteiger partial charge is 0.337 e. The number of rotatable bonds is 2. The van der Waals surface area contributed by atoms with Crippen LogP contribution in [0.4, 0.5) is 10.1 Å². The summed E-state index contributed by atoms with van der Waals surface area (Å²) in [7, 11) is 0. The first-order valence-electron chi connectivity index (χ1n) is 3.50. The molecule has 0 aliphatic rings. The molecule has 5 heteroatoms. The molecule has 0 bridgehead atoms. The van der Waals surface area contributed by atoms with Gasteiger partial charge in [-0.05, 0) is 12.1 Å². The predicted octanol–water partition coefficient (Wildman–Crippen LogP) is 0.306. The molecule has 0 aliphatic heterocycles. The summed E-state index contributed by atoms with van der Waals surface area (Å²) in [6.45, 7) is -0.768. The quantitative estimate of drug-likeness (QED) is 0.395. The highest BCUT2D eigenvalue weighted by molar-refractivity contribution is 5.75. The molecule has 3 N–H and O–H groups in total. The van der Waals surface area contributed by atoms with Gasteiger partial charge in [0.15, 0.2) is 5.75 Å². The van der Waals surface area contributed by atoms with Crippen LogP contribution in [0.2, 0.25) is 0 Å². The average molecular weight is 185 g/mol. The van der Waals surface area contributed by atoms with Gasteiger partial charge in [0.05, 0.1) is 5.69 Å². The summed E-state index contributed by atoms with van der Waals surface area (Å²) in [6, 6.07) is 3.39. The van der Waals surface area contributed by atoms with Crippen molar-refractivity contribution in [1.29, 1.82) is 0 Å². The van der Waals surface area contributed by atoms with E-state index in [0.717, 1.165) is 12.1 Å². The van der Waals surface area contributed by atoms with Gasteiger partial charge in [0.25, 0.3) is 0 Å². The first kappa shape index (κ1) is 9.47. The Labute approximate surface area is 73.7 Å². The molecule has 0 radical (unpaired) electrons. The lowest BCUT2D eigenvalue weighted by Gasteiger charge is -2.04. The Balaban J connectivity index is 2.87. The molecule has 0 fully saturated rings. The minimum atomic E-state index is -0.877. The van der Waals surface area contributed by atoms with Crippen molar-refractivity contribution >= 4 is 11.7 Å². The van der Waals surface area contributed by atoms with E-state index >= 15 is 0 Å². The standard InChI is InChI=1S/C8H8FNO3/c9-5-1-2-6(10)7(3-5)13-8(12)4-11/h1-3,11H,4,10H2. The number of carbonyl (C=O) groups is 1. The van der Waals surface area contributed by atoms with Crippen molar-refractivity contribution in [3.8, 4) is 5.75 Å². The van der Waals surface area contributed by atoms with Crippen LogP contribution >= 0.6 is 0 Å². The third-order valence-electron chi connectivity index (χ3n) is 1.33. The molecular weight excluding hydrogens is 177 g/mol. The van der Waals surface area contributed by atoms with Gasteiger partial charge in [-0.15, -0.1) is 0 Å². The van der Waals surface area contributed by atoms with E-state index in [-0.39, 0.29) is 11.4 Å². The number of aliphatic hydroxyl groups is 1. The molecule has 0 unspecified atom stereocenters. The number of nitrogens with two attached hydrogens (primary N) is 1. The number of carbonyl (C=O) groups excluding carboxylic acids is 1. The molecule has 0 heterocycles. The van der Waals surface area contributed by atoms with Crippen LogP contribution in [0.3, 0.4) is 0 Å². The van der Waals surface area contributed by atoms with Crippen molar-refractivity contribution in [2.24, 2.45) is 0 Å². The van der Waals surface area contributed by atoms with Gasteiger partial charge in [0, 0.05) is 6.07 Å². The fourth-order valence-corrected chi connectivity index (χ4v) is 0.752. The van der Waals surface area contributed by atoms with Crippen LogP contribution in [0.15, 0.2) is 18.2 Å². The van der Waals surface area contributed by atoms with E-state index in [2.05, 4.69) is 4.74 Å². The number of esters is 1. The second-order valence-electron chi connectivity index (χ2n) is 2.31. The third-order valence-corrected chi connectivity index (χ3v) is 1.33. The van der Waals surface area contributed by atoms with Crippen LogP contribution in [0.25, 0.3) is 0 Å². The number of nitrogen functional groups attached to an aromatic ring is 1. The van der Waals surface area contributed by atoms with E-state index in [1.165, 1.54) is 6.07 Å². The number of benzene rings is 1. The molecule has 0 atom stereocenters. The fourth-order valence-electron chi connectivity index (χ4n) is 0.752. The maximum absolute atomic E-state index is 12.6. The lowest BCUT2D eigenvalue weighted by Crippen LogP contribution is -2.13. The van der Waals surface area contributed by atoms with Crippen molar-refractivity contribution in [1.82, 2.24) is 0 Å². The molecule has 0 spiro atoms. The summed E-state index contributed by atoms with van der Waals surface area (Å²) in [5.41, 5.74) is 5.51. The van der Waals surface area contributed by atoms with Gasteiger partial charge >= 0.3 is 5.97 Å². The third kappa shape index (κ3) is 2.41. The molecule has 0 saturated carbocycles. The van der Waals surface area contributed by atoms with Crippen LogP contribution < -0.4 is 10.5 Å². The highest BCUT2D eigenvalue weighted by atomic mass is 19.1. The lowest BCUT2D eigenvalue weighted by atomic mass is 10.3. The topological polar surface area (TPSA) is 72.5 Å². The highest BCUT2D eigenvalue weighted by Gasteiger charge is 2.06. The van der Waals surface area contributed by atoms with E-state index in [4.69, 9.17) is 10.8 Å². The zero-order valence-electron chi connectivity index (χ0n) is 6.66. The van der Waals surface area contributed by atoms with Gasteiger partial charge < -0.3 is 15.6 Å². The summed E-state index contributed by atoms with van der Waals surface area (Å²) < 4.78 is 17.1. The molecule has 13 heavy (non-hydrogen) atoms. The Morgan fingerprint density at radius 1 is 1.62 bits per heavy atom. The molecule has 1 rings (SSSR count). The van der Waals surface area contributed by atoms with Crippen molar-refractivity contribution < 1.29 is 19.0 Å². The fraction of sp³-hybridized carbons (Fsp3) is 0.125. The molecule has 0 saturated heterocycles. The summed E-state index contributed by atoms with van der Waals surface area (Å²) in [5, 5.41) is 8.35. The largest absolute Gasteiger partial charge is 0.423 e. The SMILES string of the molecule is Nc1ccc(F)cc1OC(=O)CO. The van der Waals surface area contributed by atoms with E-state index in [9.17, 15) is 9.18 Å². The van der Waals surface area contributed by atoms with Gasteiger partial charge in [-0.25, -0.2) is 9.18 Å². The summed E-state index contributed by atoms with van der Waals surface area (Å²) >= 11 is 0. The maximum Gasteiger partial charge on any atom is 0.337 e. The van der Waals surface area contributed by atoms with Gasteiger partial charge in [0.2, 0.25) is 0 Å². The van der Waals surface area contributed by atoms with Gasteiger partial charge in [-0.2, -0.15) is 0 Å². The second-order valence-corrected chi connectivity index (χ2v) is 2.31. The molecule has 1 aromatic rings.